The molecule has 0 unspecified atom stereocenters. The van der Waals surface area contributed by atoms with Gasteiger partial charge in [-0.2, -0.15) is 0 Å². The van der Waals surface area contributed by atoms with Crippen molar-refractivity contribution >= 4 is 5.84 Å². The Hall–Kier alpha value is -0.570. The molecule has 0 aromatic rings. The van der Waals surface area contributed by atoms with E-state index in [-0.39, 0.29) is 0 Å². The van der Waals surface area contributed by atoms with Crippen molar-refractivity contribution in [3.63, 3.8) is 0 Å². The molecule has 0 aliphatic carbocycles. The van der Waals surface area contributed by atoms with Crippen LogP contribution in [0.5, 0.6) is 0 Å². The van der Waals surface area contributed by atoms with Crippen molar-refractivity contribution < 1.29 is 4.74 Å². The Morgan fingerprint density at radius 2 is 2.45 bits per heavy atom. The molecule has 0 bridgehead atoms. The van der Waals surface area contributed by atoms with Crippen molar-refractivity contribution in [1.82, 2.24) is 4.90 Å². The maximum Gasteiger partial charge on any atom is 0.0958 e. The van der Waals surface area contributed by atoms with Gasteiger partial charge in [-0.3, -0.25) is 5.41 Å². The van der Waals surface area contributed by atoms with E-state index in [1.165, 1.54) is 0 Å². The number of nitrogens with zero attached hydrogens (tertiary/aromatic N) is 1. The molecule has 0 spiro atoms. The molecule has 0 amide bonds. The molecule has 1 rings (SSSR count). The maximum absolute atomic E-state index is 7.63. The smallest absolute Gasteiger partial charge is 0.0958 e. The van der Waals surface area contributed by atoms with Crippen molar-refractivity contribution in [3.8, 4) is 0 Å². The van der Waals surface area contributed by atoms with E-state index in [0.29, 0.717) is 6.04 Å². The van der Waals surface area contributed by atoms with E-state index in [1.54, 1.807) is 0 Å². The summed E-state index contributed by atoms with van der Waals surface area (Å²) < 4.78 is 5.27. The Morgan fingerprint density at radius 3 is 3.00 bits per heavy atom. The van der Waals surface area contributed by atoms with Gasteiger partial charge in [0.2, 0.25) is 0 Å². The van der Waals surface area contributed by atoms with Crippen molar-refractivity contribution in [2.24, 2.45) is 0 Å². The van der Waals surface area contributed by atoms with Gasteiger partial charge in [-0.25, -0.2) is 0 Å². The molecule has 1 N–H and O–H groups in total. The summed E-state index contributed by atoms with van der Waals surface area (Å²) in [6, 6.07) is 0.385. The first-order chi connectivity index (χ1) is 5.25. The number of rotatable bonds is 1. The van der Waals surface area contributed by atoms with E-state index in [1.807, 2.05) is 6.92 Å². The van der Waals surface area contributed by atoms with Crippen molar-refractivity contribution in [1.29, 1.82) is 5.41 Å². The van der Waals surface area contributed by atoms with Crippen LogP contribution < -0.4 is 0 Å². The van der Waals surface area contributed by atoms with Gasteiger partial charge in [0.1, 0.15) is 0 Å². The van der Waals surface area contributed by atoms with Gasteiger partial charge in [0.25, 0.3) is 0 Å². The molecule has 1 heterocycles. The van der Waals surface area contributed by atoms with Crippen LogP contribution in [0.15, 0.2) is 0 Å². The Bertz CT molecular complexity index is 147. The minimum atomic E-state index is 0.385. The molecule has 64 valence electrons. The predicted molar refractivity (Wildman–Crippen MR) is 45.0 cm³/mol. The van der Waals surface area contributed by atoms with Gasteiger partial charge >= 0.3 is 0 Å². The van der Waals surface area contributed by atoms with E-state index < -0.39 is 0 Å². The van der Waals surface area contributed by atoms with Crippen LogP contribution in [-0.4, -0.2) is 36.5 Å². The second-order valence-corrected chi connectivity index (χ2v) is 2.92. The van der Waals surface area contributed by atoms with Gasteiger partial charge in [0, 0.05) is 13.0 Å². The molecule has 11 heavy (non-hydrogen) atoms. The highest BCUT2D eigenvalue weighted by Gasteiger charge is 2.19. The molecule has 1 saturated heterocycles. The Morgan fingerprint density at radius 1 is 1.73 bits per heavy atom. The van der Waals surface area contributed by atoms with Crippen LogP contribution in [0.25, 0.3) is 0 Å². The van der Waals surface area contributed by atoms with Crippen molar-refractivity contribution in [2.45, 2.75) is 26.3 Å². The summed E-state index contributed by atoms with van der Waals surface area (Å²) in [5, 5.41) is 7.63. The first kappa shape index (κ1) is 8.53. The minimum absolute atomic E-state index is 0.385. The highest BCUT2D eigenvalue weighted by molar-refractivity contribution is 5.79. The molecule has 3 nitrogen and oxygen atoms in total. The van der Waals surface area contributed by atoms with Gasteiger partial charge < -0.3 is 9.64 Å². The number of hydrogen-bond donors (Lipinski definition) is 1. The summed E-state index contributed by atoms with van der Waals surface area (Å²) in [4.78, 5) is 2.11. The first-order valence-corrected chi connectivity index (χ1v) is 4.17. The zero-order chi connectivity index (χ0) is 8.27. The molecule has 1 atom stereocenters. The van der Waals surface area contributed by atoms with Gasteiger partial charge in [-0.15, -0.1) is 0 Å². The minimum Gasteiger partial charge on any atom is -0.377 e. The molecule has 0 radical (unpaired) electrons. The summed E-state index contributed by atoms with van der Waals surface area (Å²) >= 11 is 0. The molecule has 1 aliphatic heterocycles. The lowest BCUT2D eigenvalue weighted by Gasteiger charge is -2.34. The number of morpholine rings is 1. The van der Waals surface area contributed by atoms with E-state index in [9.17, 15) is 0 Å². The molecule has 0 aromatic heterocycles. The molecule has 1 aliphatic rings. The number of amidine groups is 1. The Balaban J connectivity index is 2.47. The standard InChI is InChI=1S/C8H16N2O/c1-3-8(9)10-4-5-11-6-7(10)2/h7,9H,3-6H2,1-2H3/t7-/m1/s1. The zero-order valence-electron chi connectivity index (χ0n) is 7.26. The molecular formula is C8H16N2O. The fraction of sp³-hybridized carbons (Fsp3) is 0.875. The zero-order valence-corrected chi connectivity index (χ0v) is 7.26. The monoisotopic (exact) mass is 156 g/mol. The highest BCUT2D eigenvalue weighted by atomic mass is 16.5. The molecule has 0 aromatic carbocycles. The summed E-state index contributed by atoms with van der Waals surface area (Å²) in [5.74, 6) is 0.737. The fourth-order valence-corrected chi connectivity index (χ4v) is 1.33. The van der Waals surface area contributed by atoms with Gasteiger partial charge in [0.05, 0.1) is 25.1 Å². The lowest BCUT2D eigenvalue weighted by molar-refractivity contribution is 0.0320. The van der Waals surface area contributed by atoms with Crippen LogP contribution in [0.4, 0.5) is 0 Å². The SMILES string of the molecule is CCC(=N)N1CCOC[C@H]1C. The number of nitrogens with one attached hydrogen (secondary N) is 1. The van der Waals surface area contributed by atoms with Crippen LogP contribution in [-0.2, 0) is 4.74 Å². The van der Waals surface area contributed by atoms with Crippen molar-refractivity contribution in [2.75, 3.05) is 19.8 Å². The highest BCUT2D eigenvalue weighted by Crippen LogP contribution is 2.07. The summed E-state index contributed by atoms with van der Waals surface area (Å²) in [6.45, 7) is 6.54. The summed E-state index contributed by atoms with van der Waals surface area (Å²) in [7, 11) is 0. The molecule has 0 saturated carbocycles. The molecule has 1 fully saturated rings. The van der Waals surface area contributed by atoms with Crippen LogP contribution in [0.3, 0.4) is 0 Å². The lowest BCUT2D eigenvalue weighted by atomic mass is 10.2. The van der Waals surface area contributed by atoms with Gasteiger partial charge in [-0.05, 0) is 6.92 Å². The Kier molecular flexibility index (Phi) is 2.88. The van der Waals surface area contributed by atoms with E-state index in [0.717, 1.165) is 32.0 Å². The normalized spacial score (nSPS) is 25.3. The van der Waals surface area contributed by atoms with Gasteiger partial charge in [0.15, 0.2) is 0 Å². The largest absolute Gasteiger partial charge is 0.377 e. The van der Waals surface area contributed by atoms with E-state index in [2.05, 4.69) is 11.8 Å². The third kappa shape index (κ3) is 1.93. The third-order valence-corrected chi connectivity index (χ3v) is 2.05. The van der Waals surface area contributed by atoms with Crippen molar-refractivity contribution in [3.05, 3.63) is 0 Å². The third-order valence-electron chi connectivity index (χ3n) is 2.05. The Labute approximate surface area is 67.8 Å². The van der Waals surface area contributed by atoms with Crippen LogP contribution in [0, 0.1) is 5.41 Å². The van der Waals surface area contributed by atoms with Gasteiger partial charge in [-0.1, -0.05) is 6.92 Å². The topological polar surface area (TPSA) is 36.3 Å². The number of ether oxygens (including phenoxy) is 1. The average Bonchev–Trinajstić information content (AvgIpc) is 2.04. The molecule has 3 heteroatoms. The fourth-order valence-electron chi connectivity index (χ4n) is 1.33. The van der Waals surface area contributed by atoms with Crippen LogP contribution >= 0.6 is 0 Å². The quantitative estimate of drug-likeness (QED) is 0.456. The summed E-state index contributed by atoms with van der Waals surface area (Å²) in [6.07, 6.45) is 0.824. The lowest BCUT2D eigenvalue weighted by Crippen LogP contribution is -2.46. The van der Waals surface area contributed by atoms with E-state index >= 15 is 0 Å². The van der Waals surface area contributed by atoms with Crippen LogP contribution in [0.1, 0.15) is 20.3 Å². The predicted octanol–water partition coefficient (Wildman–Crippen LogP) is 1.09. The van der Waals surface area contributed by atoms with E-state index in [4.69, 9.17) is 10.1 Å². The second-order valence-electron chi connectivity index (χ2n) is 2.92. The number of hydrogen-bond acceptors (Lipinski definition) is 2. The summed E-state index contributed by atoms with van der Waals surface area (Å²) in [5.41, 5.74) is 0. The maximum atomic E-state index is 7.63. The first-order valence-electron chi connectivity index (χ1n) is 4.17. The molecular weight excluding hydrogens is 140 g/mol. The van der Waals surface area contributed by atoms with Crippen LogP contribution in [0.2, 0.25) is 0 Å². The second kappa shape index (κ2) is 3.72. The average molecular weight is 156 g/mol.